The predicted molar refractivity (Wildman–Crippen MR) is 71.9 cm³/mol. The normalized spacial score (nSPS) is 12.5. The molecule has 0 radical (unpaired) electrons. The molecule has 1 rings (SSSR count). The molecular formula is C11H16ClFN2S. The number of thioether (sulfide) groups is 1. The molecule has 2 nitrogen and oxygen atoms in total. The molecule has 90 valence electrons. The van der Waals surface area contributed by atoms with E-state index in [1.807, 2.05) is 6.26 Å². The van der Waals surface area contributed by atoms with Gasteiger partial charge in [-0.3, -0.25) is 0 Å². The number of anilines is 2. The summed E-state index contributed by atoms with van der Waals surface area (Å²) in [7, 11) is 0. The third-order valence-corrected chi connectivity index (χ3v) is 3.34. The lowest BCUT2D eigenvalue weighted by Crippen LogP contribution is -2.21. The topological polar surface area (TPSA) is 38.0 Å². The van der Waals surface area contributed by atoms with E-state index in [1.165, 1.54) is 12.1 Å². The largest absolute Gasteiger partial charge is 0.397 e. The molecule has 0 saturated heterocycles. The van der Waals surface area contributed by atoms with Crippen LogP contribution in [0.15, 0.2) is 12.1 Å². The second-order valence-corrected chi connectivity index (χ2v) is 4.88. The van der Waals surface area contributed by atoms with Crippen molar-refractivity contribution < 1.29 is 4.39 Å². The van der Waals surface area contributed by atoms with E-state index < -0.39 is 5.82 Å². The molecule has 0 saturated carbocycles. The van der Waals surface area contributed by atoms with Crippen LogP contribution in [0.25, 0.3) is 0 Å². The molecular weight excluding hydrogens is 247 g/mol. The van der Waals surface area contributed by atoms with Gasteiger partial charge in [0.15, 0.2) is 0 Å². The van der Waals surface area contributed by atoms with Crippen molar-refractivity contribution in [3.63, 3.8) is 0 Å². The van der Waals surface area contributed by atoms with E-state index in [1.54, 1.807) is 11.8 Å². The van der Waals surface area contributed by atoms with Gasteiger partial charge in [-0.15, -0.1) is 0 Å². The van der Waals surface area contributed by atoms with Crippen LogP contribution in [-0.2, 0) is 0 Å². The monoisotopic (exact) mass is 262 g/mol. The quantitative estimate of drug-likeness (QED) is 0.796. The SMILES string of the molecule is CCC(CSC)Nc1cc(Cl)c(F)cc1N. The van der Waals surface area contributed by atoms with Crippen molar-refractivity contribution in [2.45, 2.75) is 19.4 Å². The maximum Gasteiger partial charge on any atom is 0.143 e. The van der Waals surface area contributed by atoms with Crippen LogP contribution in [0.2, 0.25) is 5.02 Å². The van der Waals surface area contributed by atoms with Gasteiger partial charge in [0.1, 0.15) is 5.82 Å². The molecule has 1 aromatic carbocycles. The van der Waals surface area contributed by atoms with Gasteiger partial charge < -0.3 is 11.1 Å². The minimum Gasteiger partial charge on any atom is -0.397 e. The zero-order valence-electron chi connectivity index (χ0n) is 9.39. The van der Waals surface area contributed by atoms with Crippen LogP contribution in [0.1, 0.15) is 13.3 Å². The number of nitrogens with two attached hydrogens (primary N) is 1. The summed E-state index contributed by atoms with van der Waals surface area (Å²) < 4.78 is 13.1. The lowest BCUT2D eigenvalue weighted by molar-refractivity contribution is 0.629. The molecule has 0 amide bonds. The summed E-state index contributed by atoms with van der Waals surface area (Å²) in [6, 6.07) is 3.10. The Bertz CT molecular complexity index is 360. The van der Waals surface area contributed by atoms with Crippen molar-refractivity contribution in [1.82, 2.24) is 0 Å². The Morgan fingerprint density at radius 3 is 2.81 bits per heavy atom. The van der Waals surface area contributed by atoms with Crippen LogP contribution < -0.4 is 11.1 Å². The van der Waals surface area contributed by atoms with E-state index in [9.17, 15) is 4.39 Å². The number of halogens is 2. The van der Waals surface area contributed by atoms with Crippen molar-refractivity contribution in [3.05, 3.63) is 23.0 Å². The number of rotatable bonds is 5. The van der Waals surface area contributed by atoms with Crippen LogP contribution in [0.5, 0.6) is 0 Å². The van der Waals surface area contributed by atoms with Gasteiger partial charge in [0.05, 0.1) is 16.4 Å². The Morgan fingerprint density at radius 2 is 2.25 bits per heavy atom. The van der Waals surface area contributed by atoms with E-state index in [0.29, 0.717) is 17.4 Å². The highest BCUT2D eigenvalue weighted by Gasteiger charge is 2.10. The van der Waals surface area contributed by atoms with E-state index in [-0.39, 0.29) is 5.02 Å². The lowest BCUT2D eigenvalue weighted by Gasteiger charge is -2.18. The Kier molecular flexibility index (Phi) is 5.22. The van der Waals surface area contributed by atoms with E-state index >= 15 is 0 Å². The predicted octanol–water partition coefficient (Wildman–Crippen LogP) is 3.61. The number of nitrogens with one attached hydrogen (secondary N) is 1. The zero-order valence-corrected chi connectivity index (χ0v) is 11.0. The van der Waals surface area contributed by atoms with Gasteiger partial charge in [0, 0.05) is 17.9 Å². The molecule has 0 fully saturated rings. The fraction of sp³-hybridized carbons (Fsp3) is 0.455. The van der Waals surface area contributed by atoms with Crippen molar-refractivity contribution in [2.24, 2.45) is 0 Å². The molecule has 5 heteroatoms. The Balaban J connectivity index is 2.83. The smallest absolute Gasteiger partial charge is 0.143 e. The maximum absolute atomic E-state index is 13.1. The standard InChI is InChI=1S/C11H16ClFN2S/c1-3-7(6-16-2)15-11-4-8(12)9(13)5-10(11)14/h4-5,7,15H,3,6,14H2,1-2H3. The molecule has 1 atom stereocenters. The first-order chi connectivity index (χ1) is 7.58. The summed E-state index contributed by atoms with van der Waals surface area (Å²) in [4.78, 5) is 0. The molecule has 0 heterocycles. The van der Waals surface area contributed by atoms with Crippen LogP contribution >= 0.6 is 23.4 Å². The van der Waals surface area contributed by atoms with Crippen molar-refractivity contribution in [1.29, 1.82) is 0 Å². The van der Waals surface area contributed by atoms with E-state index in [4.69, 9.17) is 17.3 Å². The highest BCUT2D eigenvalue weighted by atomic mass is 35.5. The molecule has 0 aromatic heterocycles. The second-order valence-electron chi connectivity index (χ2n) is 3.56. The zero-order chi connectivity index (χ0) is 12.1. The fourth-order valence-electron chi connectivity index (χ4n) is 1.37. The summed E-state index contributed by atoms with van der Waals surface area (Å²) in [6.45, 7) is 2.09. The molecule has 3 N–H and O–H groups in total. The average Bonchev–Trinajstić information content (AvgIpc) is 2.25. The molecule has 16 heavy (non-hydrogen) atoms. The average molecular weight is 263 g/mol. The minimum absolute atomic E-state index is 0.0932. The summed E-state index contributed by atoms with van der Waals surface area (Å²) in [6.07, 6.45) is 3.03. The highest BCUT2D eigenvalue weighted by molar-refractivity contribution is 7.98. The number of hydrogen-bond acceptors (Lipinski definition) is 3. The number of benzene rings is 1. The Labute approximate surface area is 105 Å². The van der Waals surface area contributed by atoms with Gasteiger partial charge in [-0.25, -0.2) is 4.39 Å². The number of hydrogen-bond donors (Lipinski definition) is 2. The molecule has 0 aliphatic rings. The Hall–Kier alpha value is -0.610. The van der Waals surface area contributed by atoms with Crippen molar-refractivity contribution >= 4 is 34.7 Å². The molecule has 0 aliphatic carbocycles. The first kappa shape index (κ1) is 13.5. The Morgan fingerprint density at radius 1 is 1.56 bits per heavy atom. The van der Waals surface area contributed by atoms with Crippen LogP contribution in [0, 0.1) is 5.82 Å². The third-order valence-electron chi connectivity index (χ3n) is 2.31. The summed E-state index contributed by atoms with van der Waals surface area (Å²) >= 11 is 7.47. The van der Waals surface area contributed by atoms with Crippen LogP contribution in [0.3, 0.4) is 0 Å². The summed E-state index contributed by atoms with van der Waals surface area (Å²) in [5.41, 5.74) is 6.81. The van der Waals surface area contributed by atoms with Crippen molar-refractivity contribution in [2.75, 3.05) is 23.1 Å². The molecule has 0 aliphatic heterocycles. The fourth-order valence-corrected chi connectivity index (χ4v) is 2.25. The van der Waals surface area contributed by atoms with Gasteiger partial charge >= 0.3 is 0 Å². The second kappa shape index (κ2) is 6.21. The lowest BCUT2D eigenvalue weighted by atomic mass is 10.2. The van der Waals surface area contributed by atoms with E-state index in [2.05, 4.69) is 12.2 Å². The first-order valence-electron chi connectivity index (χ1n) is 5.08. The van der Waals surface area contributed by atoms with Crippen LogP contribution in [0.4, 0.5) is 15.8 Å². The summed E-state index contributed by atoms with van der Waals surface area (Å²) in [5.74, 6) is 0.493. The molecule has 1 aromatic rings. The van der Waals surface area contributed by atoms with Gasteiger partial charge in [0.2, 0.25) is 0 Å². The molecule has 0 bridgehead atoms. The van der Waals surface area contributed by atoms with Gasteiger partial charge in [0.25, 0.3) is 0 Å². The molecule has 1 unspecified atom stereocenters. The maximum atomic E-state index is 13.1. The van der Waals surface area contributed by atoms with E-state index in [0.717, 1.165) is 12.2 Å². The summed E-state index contributed by atoms with van der Waals surface area (Å²) in [5, 5.41) is 3.36. The van der Waals surface area contributed by atoms with Crippen molar-refractivity contribution in [3.8, 4) is 0 Å². The van der Waals surface area contributed by atoms with Gasteiger partial charge in [-0.2, -0.15) is 11.8 Å². The molecule has 0 spiro atoms. The van der Waals surface area contributed by atoms with Gasteiger partial charge in [-0.1, -0.05) is 18.5 Å². The number of nitrogen functional groups attached to an aromatic ring is 1. The highest BCUT2D eigenvalue weighted by Crippen LogP contribution is 2.27. The van der Waals surface area contributed by atoms with Crippen LogP contribution in [-0.4, -0.2) is 18.1 Å². The first-order valence-corrected chi connectivity index (χ1v) is 6.85. The van der Waals surface area contributed by atoms with Gasteiger partial charge in [-0.05, 0) is 18.7 Å². The third kappa shape index (κ3) is 3.46. The minimum atomic E-state index is -0.484.